The number of ether oxygens (including phenoxy) is 2. The van der Waals surface area contributed by atoms with E-state index in [2.05, 4.69) is 0 Å². The van der Waals surface area contributed by atoms with Gasteiger partial charge in [-0.3, -0.25) is 4.79 Å². The third-order valence-corrected chi connectivity index (χ3v) is 6.86. The van der Waals surface area contributed by atoms with Crippen LogP contribution in [-0.2, 0) is 14.8 Å². The van der Waals surface area contributed by atoms with Gasteiger partial charge < -0.3 is 14.4 Å². The number of fused-ring (bicyclic) bond motifs is 1. The molecule has 0 aliphatic carbocycles. The van der Waals surface area contributed by atoms with Crippen molar-refractivity contribution in [2.24, 2.45) is 0 Å². The molecule has 9 heteroatoms. The molecule has 29 heavy (non-hydrogen) atoms. The Balaban J connectivity index is 1.87. The van der Waals surface area contributed by atoms with E-state index in [1.165, 1.54) is 18.3 Å². The molecule has 2 aromatic carbocycles. The minimum absolute atomic E-state index is 0.0918. The minimum atomic E-state index is -3.97. The summed E-state index contributed by atoms with van der Waals surface area (Å²) < 4.78 is 38.8. The first-order valence-corrected chi connectivity index (χ1v) is 10.8. The van der Waals surface area contributed by atoms with Gasteiger partial charge in [-0.1, -0.05) is 17.7 Å². The zero-order chi connectivity index (χ0) is 20.6. The fourth-order valence-corrected chi connectivity index (χ4v) is 5.04. The number of halogens is 1. The zero-order valence-electron chi connectivity index (χ0n) is 15.7. The lowest BCUT2D eigenvalue weighted by Crippen LogP contribution is -2.36. The first kappa shape index (κ1) is 19.8. The summed E-state index contributed by atoms with van der Waals surface area (Å²) >= 11 is 6.07. The molecule has 1 aromatic heterocycles. The van der Waals surface area contributed by atoms with Crippen molar-refractivity contribution in [2.45, 2.75) is 4.90 Å². The first-order valence-electron chi connectivity index (χ1n) is 8.98. The van der Waals surface area contributed by atoms with Crippen LogP contribution in [0.5, 0.6) is 5.75 Å². The van der Waals surface area contributed by atoms with E-state index >= 15 is 0 Å². The topological polar surface area (TPSA) is 77.8 Å². The average molecular weight is 435 g/mol. The molecule has 0 atom stereocenters. The predicted octanol–water partition coefficient (Wildman–Crippen LogP) is 3.19. The second-order valence-electron chi connectivity index (χ2n) is 6.60. The number of hydrogen-bond acceptors (Lipinski definition) is 6. The molecule has 4 rings (SSSR count). The molecule has 1 fully saturated rings. The molecule has 1 aliphatic heterocycles. The molecule has 0 unspecified atom stereocenters. The average Bonchev–Trinajstić information content (AvgIpc) is 3.12. The van der Waals surface area contributed by atoms with Crippen molar-refractivity contribution in [3.05, 3.63) is 53.2 Å². The molecule has 0 radical (unpaired) electrons. The Morgan fingerprint density at radius 2 is 1.90 bits per heavy atom. The number of carbonyl (C=O) groups is 1. The van der Waals surface area contributed by atoms with Crippen LogP contribution in [0, 0.1) is 0 Å². The maximum absolute atomic E-state index is 13.4. The molecular formula is C20H19ClN2O5S. The van der Waals surface area contributed by atoms with Crippen molar-refractivity contribution in [1.82, 2.24) is 3.97 Å². The quantitative estimate of drug-likeness (QED) is 0.574. The summed E-state index contributed by atoms with van der Waals surface area (Å²) in [6.07, 6.45) is 1.96. The van der Waals surface area contributed by atoms with Crippen molar-refractivity contribution in [2.75, 3.05) is 38.3 Å². The van der Waals surface area contributed by atoms with Crippen molar-refractivity contribution in [1.29, 1.82) is 0 Å². The highest BCUT2D eigenvalue weighted by atomic mass is 35.5. The lowest BCUT2D eigenvalue weighted by atomic mass is 10.2. The number of morpholine rings is 1. The third-order valence-electron chi connectivity index (χ3n) is 4.95. The van der Waals surface area contributed by atoms with E-state index in [0.29, 0.717) is 60.0 Å². The van der Waals surface area contributed by atoms with Gasteiger partial charge in [-0.15, -0.1) is 0 Å². The van der Waals surface area contributed by atoms with E-state index in [4.69, 9.17) is 21.1 Å². The van der Waals surface area contributed by atoms with Gasteiger partial charge in [0.15, 0.2) is 6.29 Å². The Kier molecular flexibility index (Phi) is 5.24. The first-order chi connectivity index (χ1) is 14.0. The highest BCUT2D eigenvalue weighted by Gasteiger charge is 2.24. The van der Waals surface area contributed by atoms with Gasteiger partial charge in [-0.05, 0) is 30.3 Å². The largest absolute Gasteiger partial charge is 0.495 e. The smallest absolute Gasteiger partial charge is 0.268 e. The number of nitrogens with zero attached hydrogens (tertiary/aromatic N) is 2. The van der Waals surface area contributed by atoms with Gasteiger partial charge in [0.05, 0.1) is 36.4 Å². The van der Waals surface area contributed by atoms with Gasteiger partial charge in [0.1, 0.15) is 5.75 Å². The van der Waals surface area contributed by atoms with E-state index < -0.39 is 10.0 Å². The van der Waals surface area contributed by atoms with Crippen LogP contribution in [0.4, 0.5) is 5.69 Å². The van der Waals surface area contributed by atoms with Gasteiger partial charge >= 0.3 is 0 Å². The van der Waals surface area contributed by atoms with Gasteiger partial charge in [-0.2, -0.15) is 0 Å². The molecule has 152 valence electrons. The SMILES string of the molecule is COc1ccc(S(=O)(=O)n2cc(C=O)c3ccc(Cl)cc32)cc1N1CCOCC1. The molecule has 1 aliphatic rings. The number of benzene rings is 2. The van der Waals surface area contributed by atoms with Gasteiger partial charge in [0, 0.05) is 35.3 Å². The second kappa shape index (κ2) is 7.70. The van der Waals surface area contributed by atoms with Gasteiger partial charge in [-0.25, -0.2) is 12.4 Å². The Hall–Kier alpha value is -2.55. The molecule has 3 aromatic rings. The Morgan fingerprint density at radius 3 is 2.59 bits per heavy atom. The number of aromatic nitrogens is 1. The fourth-order valence-electron chi connectivity index (χ4n) is 3.48. The number of anilines is 1. The van der Waals surface area contributed by atoms with Crippen molar-refractivity contribution in [3.8, 4) is 5.75 Å². The maximum Gasteiger partial charge on any atom is 0.268 e. The number of aldehydes is 1. The highest BCUT2D eigenvalue weighted by molar-refractivity contribution is 7.90. The number of carbonyl (C=O) groups excluding carboxylic acids is 1. The summed E-state index contributed by atoms with van der Waals surface area (Å²) in [5, 5.41) is 0.906. The predicted molar refractivity (Wildman–Crippen MR) is 111 cm³/mol. The molecule has 0 amide bonds. The zero-order valence-corrected chi connectivity index (χ0v) is 17.2. The van der Waals surface area contributed by atoms with Crippen LogP contribution in [0.25, 0.3) is 10.9 Å². The van der Waals surface area contributed by atoms with Crippen LogP contribution in [0.15, 0.2) is 47.5 Å². The number of rotatable bonds is 5. The molecule has 1 saturated heterocycles. The molecule has 0 saturated carbocycles. The third kappa shape index (κ3) is 3.48. The molecule has 0 spiro atoms. The summed E-state index contributed by atoms with van der Waals surface area (Å²) in [4.78, 5) is 13.6. The summed E-state index contributed by atoms with van der Waals surface area (Å²) in [7, 11) is -2.43. The Morgan fingerprint density at radius 1 is 1.14 bits per heavy atom. The lowest BCUT2D eigenvalue weighted by Gasteiger charge is -2.30. The van der Waals surface area contributed by atoms with Gasteiger partial charge in [0.25, 0.3) is 10.0 Å². The van der Waals surface area contributed by atoms with E-state index in [0.717, 1.165) is 3.97 Å². The van der Waals surface area contributed by atoms with Crippen LogP contribution in [0.3, 0.4) is 0 Å². The normalized spacial score (nSPS) is 14.9. The highest BCUT2D eigenvalue weighted by Crippen LogP contribution is 2.34. The van der Waals surface area contributed by atoms with Crippen LogP contribution >= 0.6 is 11.6 Å². The van der Waals surface area contributed by atoms with E-state index in [9.17, 15) is 13.2 Å². The van der Waals surface area contributed by atoms with Gasteiger partial charge in [0.2, 0.25) is 0 Å². The number of methoxy groups -OCH3 is 1. The Bertz CT molecular complexity index is 1180. The van der Waals surface area contributed by atoms with Crippen LogP contribution in [0.1, 0.15) is 10.4 Å². The fraction of sp³-hybridized carbons (Fsp3) is 0.250. The molecule has 0 N–H and O–H groups in total. The second-order valence-corrected chi connectivity index (χ2v) is 8.85. The van der Waals surface area contributed by atoms with Crippen LogP contribution in [0.2, 0.25) is 5.02 Å². The van der Waals surface area contributed by atoms with Crippen molar-refractivity contribution < 1.29 is 22.7 Å². The minimum Gasteiger partial charge on any atom is -0.495 e. The molecule has 0 bridgehead atoms. The summed E-state index contributed by atoms with van der Waals surface area (Å²) in [5.74, 6) is 0.583. The monoisotopic (exact) mass is 434 g/mol. The maximum atomic E-state index is 13.4. The Labute approximate surface area is 173 Å². The van der Waals surface area contributed by atoms with Crippen molar-refractivity contribution >= 4 is 44.5 Å². The van der Waals surface area contributed by atoms with Crippen molar-refractivity contribution in [3.63, 3.8) is 0 Å². The number of hydrogen-bond donors (Lipinski definition) is 0. The molecule has 7 nitrogen and oxygen atoms in total. The van der Waals surface area contributed by atoms with E-state index in [1.807, 2.05) is 4.90 Å². The van der Waals surface area contributed by atoms with E-state index in [-0.39, 0.29) is 10.5 Å². The van der Waals surface area contributed by atoms with E-state index in [1.54, 1.807) is 31.4 Å². The lowest BCUT2D eigenvalue weighted by molar-refractivity contribution is 0.112. The summed E-state index contributed by atoms with van der Waals surface area (Å²) in [5.41, 5.74) is 1.31. The van der Waals surface area contributed by atoms with Crippen LogP contribution < -0.4 is 9.64 Å². The van der Waals surface area contributed by atoms with Crippen LogP contribution in [-0.4, -0.2) is 52.1 Å². The molecular weight excluding hydrogens is 416 g/mol. The standard InChI is InChI=1S/C20H19ClN2O5S/c1-27-20-5-3-16(11-19(20)22-6-8-28-9-7-22)29(25,26)23-12-14(13-24)17-4-2-15(21)10-18(17)23/h2-5,10-13H,6-9H2,1H3. The summed E-state index contributed by atoms with van der Waals surface area (Å²) in [6.45, 7) is 2.39. The molecule has 2 heterocycles. The summed E-state index contributed by atoms with van der Waals surface area (Å²) in [6, 6.07) is 9.52.